The lowest BCUT2D eigenvalue weighted by molar-refractivity contribution is 0.206. The second-order valence-electron chi connectivity index (χ2n) is 7.53. The van der Waals surface area contributed by atoms with Gasteiger partial charge in [-0.05, 0) is 45.0 Å². The number of hydrogen-bond acceptors (Lipinski definition) is 6. The van der Waals surface area contributed by atoms with Crippen molar-refractivity contribution in [1.82, 2.24) is 24.8 Å². The quantitative estimate of drug-likeness (QED) is 0.840. The Morgan fingerprint density at radius 1 is 1.15 bits per heavy atom. The summed E-state index contributed by atoms with van der Waals surface area (Å²) in [5.74, 6) is 1.05. The van der Waals surface area contributed by atoms with E-state index >= 15 is 0 Å². The lowest BCUT2D eigenvalue weighted by Gasteiger charge is -2.34. The fourth-order valence-electron chi connectivity index (χ4n) is 4.06. The summed E-state index contributed by atoms with van der Waals surface area (Å²) in [7, 11) is 4.36. The molecule has 3 heterocycles. The van der Waals surface area contributed by atoms with Gasteiger partial charge in [0.1, 0.15) is 12.1 Å². The Labute approximate surface area is 155 Å². The van der Waals surface area contributed by atoms with E-state index in [1.54, 1.807) is 6.33 Å². The Hall–Kier alpha value is -2.05. The lowest BCUT2D eigenvalue weighted by Crippen LogP contribution is -2.44. The highest BCUT2D eigenvalue weighted by atomic mass is 15.3. The second-order valence-corrected chi connectivity index (χ2v) is 7.53. The molecule has 2 aromatic rings. The van der Waals surface area contributed by atoms with Gasteiger partial charge in [-0.2, -0.15) is 0 Å². The summed E-state index contributed by atoms with van der Waals surface area (Å²) in [6, 6.07) is 6.80. The molecule has 0 unspecified atom stereocenters. The van der Waals surface area contributed by atoms with Crippen molar-refractivity contribution >= 4 is 5.82 Å². The van der Waals surface area contributed by atoms with E-state index in [0.717, 1.165) is 57.1 Å². The standard InChI is InChI=1S/C20H28N6/c1-24-9-11-26(12-10-24)19-13-17(22-15-23-19)14-25(2)18-7-3-5-16-6-4-8-21-20(16)18/h4,6,8,13,15,18H,3,5,7,9-12,14H2,1-2H3/t18-/m0/s1. The topological polar surface area (TPSA) is 48.4 Å². The smallest absolute Gasteiger partial charge is 0.132 e. The summed E-state index contributed by atoms with van der Waals surface area (Å²) in [5, 5.41) is 0. The van der Waals surface area contributed by atoms with Crippen molar-refractivity contribution < 1.29 is 0 Å². The Morgan fingerprint density at radius 2 is 2.00 bits per heavy atom. The maximum atomic E-state index is 4.67. The molecule has 1 fully saturated rings. The normalized spacial score (nSPS) is 21.0. The van der Waals surface area contributed by atoms with Crippen molar-refractivity contribution in [3.8, 4) is 0 Å². The predicted molar refractivity (Wildman–Crippen MR) is 103 cm³/mol. The molecule has 2 aromatic heterocycles. The fraction of sp³-hybridized carbons (Fsp3) is 0.550. The molecule has 0 saturated carbocycles. The molecule has 1 saturated heterocycles. The molecule has 0 bridgehead atoms. The summed E-state index contributed by atoms with van der Waals surface area (Å²) in [6.45, 7) is 5.06. The van der Waals surface area contributed by atoms with Crippen LogP contribution in [-0.2, 0) is 13.0 Å². The highest BCUT2D eigenvalue weighted by molar-refractivity contribution is 5.39. The molecule has 1 aliphatic carbocycles. The van der Waals surface area contributed by atoms with Gasteiger partial charge < -0.3 is 9.80 Å². The van der Waals surface area contributed by atoms with Crippen LogP contribution in [0.25, 0.3) is 0 Å². The number of pyridine rings is 1. The molecule has 1 atom stereocenters. The van der Waals surface area contributed by atoms with Crippen LogP contribution in [0.2, 0.25) is 0 Å². The summed E-state index contributed by atoms with van der Waals surface area (Å²) >= 11 is 0. The summed E-state index contributed by atoms with van der Waals surface area (Å²) in [4.78, 5) is 20.8. The van der Waals surface area contributed by atoms with E-state index < -0.39 is 0 Å². The van der Waals surface area contributed by atoms with Crippen LogP contribution in [0.1, 0.15) is 35.8 Å². The van der Waals surface area contributed by atoms with Gasteiger partial charge in [-0.25, -0.2) is 9.97 Å². The molecular weight excluding hydrogens is 324 g/mol. The highest BCUT2D eigenvalue weighted by Crippen LogP contribution is 2.32. The van der Waals surface area contributed by atoms with E-state index in [4.69, 9.17) is 0 Å². The SMILES string of the molecule is CN1CCN(c2cc(CN(C)[C@H]3CCCc4cccnc43)ncn2)CC1. The van der Waals surface area contributed by atoms with E-state index in [1.165, 1.54) is 17.7 Å². The third-order valence-electron chi connectivity index (χ3n) is 5.65. The Kier molecular flexibility index (Phi) is 5.13. The zero-order valence-corrected chi connectivity index (χ0v) is 15.8. The molecule has 6 nitrogen and oxygen atoms in total. The van der Waals surface area contributed by atoms with Gasteiger partial charge in [0.05, 0.1) is 17.4 Å². The van der Waals surface area contributed by atoms with Gasteiger partial charge in [0.25, 0.3) is 0 Å². The molecular formula is C20H28N6. The predicted octanol–water partition coefficient (Wildman–Crippen LogP) is 2.13. The van der Waals surface area contributed by atoms with Crippen molar-refractivity contribution in [3.63, 3.8) is 0 Å². The van der Waals surface area contributed by atoms with Gasteiger partial charge in [0.2, 0.25) is 0 Å². The Balaban J connectivity index is 1.47. The minimum Gasteiger partial charge on any atom is -0.354 e. The number of fused-ring (bicyclic) bond motifs is 1. The maximum Gasteiger partial charge on any atom is 0.132 e. The fourth-order valence-corrected chi connectivity index (χ4v) is 4.06. The Bertz CT molecular complexity index is 741. The lowest BCUT2D eigenvalue weighted by atomic mass is 9.91. The van der Waals surface area contributed by atoms with Crippen molar-refractivity contribution in [2.45, 2.75) is 31.8 Å². The number of aryl methyl sites for hydroxylation is 1. The first-order chi connectivity index (χ1) is 12.7. The molecule has 4 rings (SSSR count). The van der Waals surface area contributed by atoms with Crippen LogP contribution in [-0.4, -0.2) is 65.0 Å². The minimum absolute atomic E-state index is 0.377. The third kappa shape index (κ3) is 3.71. The number of piperazine rings is 1. The summed E-state index contributed by atoms with van der Waals surface area (Å²) in [5.41, 5.74) is 3.73. The number of anilines is 1. The molecule has 6 heteroatoms. The minimum atomic E-state index is 0.377. The number of nitrogens with zero attached hydrogens (tertiary/aromatic N) is 6. The van der Waals surface area contributed by atoms with E-state index in [-0.39, 0.29) is 0 Å². The molecule has 26 heavy (non-hydrogen) atoms. The van der Waals surface area contributed by atoms with Crippen LogP contribution < -0.4 is 4.90 Å². The van der Waals surface area contributed by atoms with Crippen molar-refractivity contribution in [3.05, 3.63) is 47.7 Å². The van der Waals surface area contributed by atoms with Crippen LogP contribution in [0.4, 0.5) is 5.82 Å². The van der Waals surface area contributed by atoms with Gasteiger partial charge >= 0.3 is 0 Å². The maximum absolute atomic E-state index is 4.67. The number of rotatable bonds is 4. The summed E-state index contributed by atoms with van der Waals surface area (Å²) in [6.07, 6.45) is 7.17. The second kappa shape index (κ2) is 7.68. The number of likely N-dealkylation sites (N-methyl/N-ethyl adjacent to an activating group) is 1. The van der Waals surface area contributed by atoms with Gasteiger partial charge in [-0.15, -0.1) is 0 Å². The van der Waals surface area contributed by atoms with Gasteiger partial charge in [-0.1, -0.05) is 6.07 Å². The number of hydrogen-bond donors (Lipinski definition) is 0. The third-order valence-corrected chi connectivity index (χ3v) is 5.65. The van der Waals surface area contributed by atoms with Gasteiger partial charge in [0, 0.05) is 45.0 Å². The largest absolute Gasteiger partial charge is 0.354 e. The van der Waals surface area contributed by atoms with E-state index in [1.807, 2.05) is 12.3 Å². The first-order valence-electron chi connectivity index (χ1n) is 9.59. The monoisotopic (exact) mass is 352 g/mol. The van der Waals surface area contributed by atoms with Crippen molar-refractivity contribution in [1.29, 1.82) is 0 Å². The van der Waals surface area contributed by atoms with E-state index in [9.17, 15) is 0 Å². The molecule has 0 N–H and O–H groups in total. The van der Waals surface area contributed by atoms with E-state index in [2.05, 4.69) is 55.9 Å². The van der Waals surface area contributed by atoms with Gasteiger partial charge in [-0.3, -0.25) is 9.88 Å². The molecule has 1 aliphatic heterocycles. The summed E-state index contributed by atoms with van der Waals surface area (Å²) < 4.78 is 0. The van der Waals surface area contributed by atoms with Gasteiger partial charge in [0.15, 0.2) is 0 Å². The molecule has 0 spiro atoms. The Morgan fingerprint density at radius 3 is 2.85 bits per heavy atom. The average molecular weight is 352 g/mol. The molecule has 0 radical (unpaired) electrons. The van der Waals surface area contributed by atoms with Crippen LogP contribution in [0, 0.1) is 0 Å². The van der Waals surface area contributed by atoms with Crippen LogP contribution >= 0.6 is 0 Å². The average Bonchev–Trinajstić information content (AvgIpc) is 2.68. The highest BCUT2D eigenvalue weighted by Gasteiger charge is 2.25. The molecule has 0 amide bonds. The zero-order chi connectivity index (χ0) is 17.9. The molecule has 0 aromatic carbocycles. The number of aromatic nitrogens is 3. The van der Waals surface area contributed by atoms with E-state index in [0.29, 0.717) is 6.04 Å². The van der Waals surface area contributed by atoms with Crippen LogP contribution in [0.15, 0.2) is 30.7 Å². The van der Waals surface area contributed by atoms with Crippen molar-refractivity contribution in [2.75, 3.05) is 45.2 Å². The van der Waals surface area contributed by atoms with Crippen LogP contribution in [0.5, 0.6) is 0 Å². The zero-order valence-electron chi connectivity index (χ0n) is 15.8. The molecule has 138 valence electrons. The van der Waals surface area contributed by atoms with Crippen LogP contribution in [0.3, 0.4) is 0 Å². The molecule has 2 aliphatic rings. The van der Waals surface area contributed by atoms with Crippen molar-refractivity contribution in [2.24, 2.45) is 0 Å². The first-order valence-corrected chi connectivity index (χ1v) is 9.59. The first kappa shape index (κ1) is 17.4.